The summed E-state index contributed by atoms with van der Waals surface area (Å²) >= 11 is 10.6. The largest absolute Gasteiger partial charge is 0.300 e. The molecule has 1 heterocycles. The number of benzene rings is 2. The zero-order chi connectivity index (χ0) is 15.5. The highest BCUT2D eigenvalue weighted by Gasteiger charge is 2.23. The van der Waals surface area contributed by atoms with Crippen molar-refractivity contribution >= 4 is 62.1 Å². The number of nitrogens with zero attached hydrogens (tertiary/aromatic N) is 1. The van der Waals surface area contributed by atoms with E-state index in [1.165, 1.54) is 11.8 Å². The number of halogens is 2. The lowest BCUT2D eigenvalue weighted by atomic mass is 10.2. The predicted octanol–water partition coefficient (Wildman–Crippen LogP) is 4.99. The van der Waals surface area contributed by atoms with Gasteiger partial charge in [-0.15, -0.1) is 0 Å². The molecule has 1 saturated heterocycles. The van der Waals surface area contributed by atoms with E-state index in [1.807, 2.05) is 30.3 Å². The number of rotatable bonds is 2. The molecule has 22 heavy (non-hydrogen) atoms. The van der Waals surface area contributed by atoms with Crippen molar-refractivity contribution in [2.75, 3.05) is 0 Å². The highest BCUT2D eigenvalue weighted by atomic mass is 79.9. The molecule has 0 aromatic heterocycles. The summed E-state index contributed by atoms with van der Waals surface area (Å²) in [5, 5.41) is 3.98. The van der Waals surface area contributed by atoms with Crippen LogP contribution in [0.25, 0.3) is 6.08 Å². The molecule has 0 unspecified atom stereocenters. The minimum atomic E-state index is -0.138. The molecule has 0 radical (unpaired) electrons. The van der Waals surface area contributed by atoms with Crippen molar-refractivity contribution in [2.45, 2.75) is 0 Å². The standard InChI is InChI=1S/C16H10BrClN2OS/c17-11-3-1-10(2-4-11)9-14-15(21)20-16(22-14)19-13-7-5-12(18)6-8-13/h1-9H,(H,19,20,21)/b14-9-. The molecule has 2 aromatic rings. The van der Waals surface area contributed by atoms with Gasteiger partial charge in [-0.2, -0.15) is 0 Å². The quantitative estimate of drug-likeness (QED) is 0.730. The topological polar surface area (TPSA) is 41.5 Å². The third-order valence-electron chi connectivity index (χ3n) is 2.88. The Labute approximate surface area is 145 Å². The van der Waals surface area contributed by atoms with E-state index in [9.17, 15) is 4.79 Å². The Balaban J connectivity index is 1.80. The van der Waals surface area contributed by atoms with Crippen molar-refractivity contribution in [1.82, 2.24) is 5.32 Å². The number of hydrogen-bond donors (Lipinski definition) is 1. The minimum Gasteiger partial charge on any atom is -0.300 e. The highest BCUT2D eigenvalue weighted by molar-refractivity contribution is 9.10. The second-order valence-corrected chi connectivity index (χ2v) is 6.89. The van der Waals surface area contributed by atoms with E-state index in [0.29, 0.717) is 15.1 Å². The smallest absolute Gasteiger partial charge is 0.264 e. The van der Waals surface area contributed by atoms with Gasteiger partial charge in [-0.1, -0.05) is 39.7 Å². The third-order valence-corrected chi connectivity index (χ3v) is 4.57. The first kappa shape index (κ1) is 15.3. The van der Waals surface area contributed by atoms with Crippen LogP contribution in [0.15, 0.2) is 62.9 Å². The molecule has 2 aromatic carbocycles. The summed E-state index contributed by atoms with van der Waals surface area (Å²) in [4.78, 5) is 17.0. The molecule has 0 bridgehead atoms. The summed E-state index contributed by atoms with van der Waals surface area (Å²) < 4.78 is 1.00. The Bertz CT molecular complexity index is 770. The van der Waals surface area contributed by atoms with Crippen molar-refractivity contribution in [3.63, 3.8) is 0 Å². The Kier molecular flexibility index (Phi) is 4.66. The summed E-state index contributed by atoms with van der Waals surface area (Å²) in [6.45, 7) is 0. The lowest BCUT2D eigenvalue weighted by Gasteiger charge is -1.96. The van der Waals surface area contributed by atoms with Crippen molar-refractivity contribution < 1.29 is 4.79 Å². The zero-order valence-corrected chi connectivity index (χ0v) is 14.4. The summed E-state index contributed by atoms with van der Waals surface area (Å²) in [5.41, 5.74) is 1.71. The molecular formula is C16H10BrClN2OS. The summed E-state index contributed by atoms with van der Waals surface area (Å²) in [5.74, 6) is -0.138. The van der Waals surface area contributed by atoms with Crippen molar-refractivity contribution in [3.8, 4) is 0 Å². The van der Waals surface area contributed by atoms with Gasteiger partial charge in [-0.3, -0.25) is 4.79 Å². The first-order chi connectivity index (χ1) is 10.6. The number of aliphatic imine (C=N–C) groups is 1. The van der Waals surface area contributed by atoms with Crippen LogP contribution in [0.3, 0.4) is 0 Å². The molecule has 3 rings (SSSR count). The Hall–Kier alpha value is -1.56. The summed E-state index contributed by atoms with van der Waals surface area (Å²) in [6, 6.07) is 14.9. The first-order valence-electron chi connectivity index (χ1n) is 6.41. The van der Waals surface area contributed by atoms with Crippen LogP contribution in [-0.2, 0) is 4.79 Å². The van der Waals surface area contributed by atoms with E-state index >= 15 is 0 Å². The lowest BCUT2D eigenvalue weighted by molar-refractivity contribution is -0.115. The van der Waals surface area contributed by atoms with Crippen LogP contribution in [0.1, 0.15) is 5.56 Å². The number of carbonyl (C=O) groups excluding carboxylic acids is 1. The molecule has 6 heteroatoms. The van der Waals surface area contributed by atoms with E-state index in [0.717, 1.165) is 15.7 Å². The molecule has 1 aliphatic heterocycles. The summed E-state index contributed by atoms with van der Waals surface area (Å²) in [6.07, 6.45) is 1.84. The maximum absolute atomic E-state index is 12.0. The first-order valence-corrected chi connectivity index (χ1v) is 8.40. The molecule has 0 aliphatic carbocycles. The average molecular weight is 394 g/mol. The van der Waals surface area contributed by atoms with Gasteiger partial charge in [0, 0.05) is 9.50 Å². The van der Waals surface area contributed by atoms with Crippen LogP contribution in [0.2, 0.25) is 5.02 Å². The van der Waals surface area contributed by atoms with E-state index < -0.39 is 0 Å². The molecule has 0 atom stereocenters. The molecule has 0 saturated carbocycles. The molecule has 110 valence electrons. The Morgan fingerprint density at radius 3 is 2.45 bits per heavy atom. The second kappa shape index (κ2) is 6.69. The van der Waals surface area contributed by atoms with Gasteiger partial charge in [-0.05, 0) is 59.8 Å². The van der Waals surface area contributed by atoms with Gasteiger partial charge in [0.15, 0.2) is 5.17 Å². The van der Waals surface area contributed by atoms with E-state index in [2.05, 4.69) is 26.2 Å². The van der Waals surface area contributed by atoms with Crippen LogP contribution in [0, 0.1) is 0 Å². The molecule has 1 N–H and O–H groups in total. The minimum absolute atomic E-state index is 0.138. The number of amidine groups is 1. The van der Waals surface area contributed by atoms with Gasteiger partial charge in [0.1, 0.15) is 0 Å². The van der Waals surface area contributed by atoms with Crippen LogP contribution in [-0.4, -0.2) is 11.1 Å². The van der Waals surface area contributed by atoms with Crippen molar-refractivity contribution in [2.24, 2.45) is 4.99 Å². The van der Waals surface area contributed by atoms with Gasteiger partial charge in [0.05, 0.1) is 10.6 Å². The molecule has 3 nitrogen and oxygen atoms in total. The zero-order valence-electron chi connectivity index (χ0n) is 11.2. The fraction of sp³-hybridized carbons (Fsp3) is 0. The van der Waals surface area contributed by atoms with Crippen LogP contribution >= 0.6 is 39.3 Å². The summed E-state index contributed by atoms with van der Waals surface area (Å²) in [7, 11) is 0. The molecule has 1 aliphatic rings. The van der Waals surface area contributed by atoms with Gasteiger partial charge in [0.25, 0.3) is 5.91 Å². The Morgan fingerprint density at radius 2 is 1.77 bits per heavy atom. The molecule has 0 spiro atoms. The monoisotopic (exact) mass is 392 g/mol. The van der Waals surface area contributed by atoms with Crippen LogP contribution < -0.4 is 5.32 Å². The fourth-order valence-corrected chi connectivity index (χ4v) is 3.06. The lowest BCUT2D eigenvalue weighted by Crippen LogP contribution is -2.19. The van der Waals surface area contributed by atoms with Crippen LogP contribution in [0.4, 0.5) is 5.69 Å². The van der Waals surface area contributed by atoms with Crippen molar-refractivity contribution in [3.05, 3.63) is 68.5 Å². The number of amides is 1. The number of hydrogen-bond acceptors (Lipinski definition) is 3. The van der Waals surface area contributed by atoms with E-state index in [1.54, 1.807) is 24.3 Å². The third kappa shape index (κ3) is 3.80. The number of carbonyl (C=O) groups is 1. The van der Waals surface area contributed by atoms with E-state index in [-0.39, 0.29) is 5.91 Å². The van der Waals surface area contributed by atoms with Gasteiger partial charge < -0.3 is 5.32 Å². The maximum Gasteiger partial charge on any atom is 0.264 e. The van der Waals surface area contributed by atoms with Gasteiger partial charge in [0.2, 0.25) is 0 Å². The molecular weight excluding hydrogens is 384 g/mol. The molecule has 1 fully saturated rings. The van der Waals surface area contributed by atoms with Crippen LogP contribution in [0.5, 0.6) is 0 Å². The van der Waals surface area contributed by atoms with Gasteiger partial charge >= 0.3 is 0 Å². The molecule has 1 amide bonds. The predicted molar refractivity (Wildman–Crippen MR) is 96.4 cm³/mol. The van der Waals surface area contributed by atoms with Crippen molar-refractivity contribution in [1.29, 1.82) is 0 Å². The normalized spacial score (nSPS) is 18.0. The second-order valence-electron chi connectivity index (χ2n) is 4.51. The fourth-order valence-electron chi connectivity index (χ4n) is 1.82. The number of thioether (sulfide) groups is 1. The maximum atomic E-state index is 12.0. The SMILES string of the molecule is O=C1NC(=Nc2ccc(Cl)cc2)S/C1=C\c1ccc(Br)cc1. The average Bonchev–Trinajstić information content (AvgIpc) is 2.84. The number of nitrogens with one attached hydrogen (secondary N) is 1. The van der Waals surface area contributed by atoms with Gasteiger partial charge in [-0.25, -0.2) is 4.99 Å². The van der Waals surface area contributed by atoms with E-state index in [4.69, 9.17) is 11.6 Å². The highest BCUT2D eigenvalue weighted by Crippen LogP contribution is 2.28. The Morgan fingerprint density at radius 1 is 1.09 bits per heavy atom.